The van der Waals surface area contributed by atoms with Crippen molar-refractivity contribution in [1.82, 2.24) is 4.90 Å². The third kappa shape index (κ3) is 5.21. The summed E-state index contributed by atoms with van der Waals surface area (Å²) in [6, 6.07) is 6.38. The fourth-order valence-electron chi connectivity index (χ4n) is 4.12. The van der Waals surface area contributed by atoms with Crippen LogP contribution in [0.4, 0.5) is 36.8 Å². The molecule has 0 spiro atoms. The molecule has 0 saturated carbocycles. The molecular weight excluding hydrogens is 502 g/mol. The number of para-hydroxylation sites is 1. The second kappa shape index (κ2) is 9.28. The first-order valence-electron chi connectivity index (χ1n) is 11.2. The van der Waals surface area contributed by atoms with Gasteiger partial charge in [-0.1, -0.05) is 36.4 Å². The van der Waals surface area contributed by atoms with Crippen molar-refractivity contribution in [2.75, 3.05) is 4.90 Å². The number of allylic oxidation sites excluding steroid dienone is 2. The van der Waals surface area contributed by atoms with E-state index in [1.165, 1.54) is 13.8 Å². The lowest BCUT2D eigenvalue weighted by molar-refractivity contribution is -0.143. The molecule has 196 valence electrons. The zero-order valence-electron chi connectivity index (χ0n) is 19.7. The molecule has 1 fully saturated rings. The lowest BCUT2D eigenvalue weighted by Gasteiger charge is -2.29. The molecule has 0 aromatic heterocycles. The molecule has 1 unspecified atom stereocenters. The molecule has 11 heteroatoms. The number of hydrogen-bond acceptors (Lipinski definition) is 3. The highest BCUT2D eigenvalue weighted by molar-refractivity contribution is 6.23. The van der Waals surface area contributed by atoms with E-state index in [0.29, 0.717) is 34.8 Å². The minimum Gasteiger partial charge on any atom is -0.486 e. The minimum atomic E-state index is -5.13. The van der Waals surface area contributed by atoms with Gasteiger partial charge in [-0.05, 0) is 44.2 Å². The van der Waals surface area contributed by atoms with Gasteiger partial charge in [0.25, 0.3) is 5.91 Å². The van der Waals surface area contributed by atoms with Crippen LogP contribution in [-0.4, -0.2) is 28.5 Å². The highest BCUT2D eigenvalue weighted by atomic mass is 19.4. The first-order chi connectivity index (χ1) is 17.2. The van der Waals surface area contributed by atoms with E-state index in [9.17, 15) is 35.9 Å². The summed E-state index contributed by atoms with van der Waals surface area (Å²) in [5.41, 5.74) is -5.10. The van der Waals surface area contributed by atoms with E-state index in [4.69, 9.17) is 4.74 Å². The molecule has 1 aliphatic heterocycles. The molecule has 1 atom stereocenters. The highest BCUT2D eigenvalue weighted by Gasteiger charge is 2.52. The molecule has 2 aliphatic rings. The van der Waals surface area contributed by atoms with Crippen molar-refractivity contribution in [3.63, 3.8) is 0 Å². The third-order valence-corrected chi connectivity index (χ3v) is 6.17. The molecular formula is C26H22F6N2O3. The van der Waals surface area contributed by atoms with Gasteiger partial charge < -0.3 is 9.64 Å². The summed E-state index contributed by atoms with van der Waals surface area (Å²) in [5.74, 6) is -0.524. The van der Waals surface area contributed by atoms with Crippen LogP contribution in [0.15, 0.2) is 66.8 Å². The van der Waals surface area contributed by atoms with Gasteiger partial charge in [-0.3, -0.25) is 4.79 Å². The number of hydrogen-bond donors (Lipinski definition) is 0. The van der Waals surface area contributed by atoms with E-state index in [-0.39, 0.29) is 18.7 Å². The lowest BCUT2D eigenvalue weighted by atomic mass is 10.0. The number of benzene rings is 2. The predicted molar refractivity (Wildman–Crippen MR) is 123 cm³/mol. The molecule has 2 aromatic carbocycles. The molecule has 1 aliphatic carbocycles. The summed E-state index contributed by atoms with van der Waals surface area (Å²) >= 11 is 0. The van der Waals surface area contributed by atoms with Crippen molar-refractivity contribution in [3.8, 4) is 5.75 Å². The van der Waals surface area contributed by atoms with Gasteiger partial charge >= 0.3 is 18.4 Å². The van der Waals surface area contributed by atoms with Gasteiger partial charge in [0.1, 0.15) is 17.4 Å². The Kier molecular flexibility index (Phi) is 6.60. The van der Waals surface area contributed by atoms with Crippen LogP contribution in [0.1, 0.15) is 37.0 Å². The number of urea groups is 1. The van der Waals surface area contributed by atoms with E-state index in [0.717, 1.165) is 4.90 Å². The zero-order chi connectivity index (χ0) is 27.2. The number of carbonyl (C=O) groups excluding carboxylic acids is 2. The van der Waals surface area contributed by atoms with Crippen LogP contribution >= 0.6 is 0 Å². The maximum absolute atomic E-state index is 13.4. The standard InChI is InChI=1S/C26H22F6N2O3/c1-24(2)22(35)34(19-13-17(25(27,28)29)12-18(14-19)26(30,31)32)23(36)33(24)15-16-8-6-7-11-21(16)37-20-9-4-3-5-10-20/h3-9,11-14,20H,10,15H2,1-2H3. The maximum Gasteiger partial charge on any atom is 0.416 e. The number of ether oxygens (including phenoxy) is 1. The topological polar surface area (TPSA) is 49.9 Å². The van der Waals surface area contributed by atoms with Gasteiger partial charge in [-0.25, -0.2) is 9.69 Å². The normalized spacial score (nSPS) is 19.6. The van der Waals surface area contributed by atoms with Crippen molar-refractivity contribution in [3.05, 3.63) is 83.5 Å². The van der Waals surface area contributed by atoms with Gasteiger partial charge in [0.2, 0.25) is 0 Å². The van der Waals surface area contributed by atoms with Gasteiger partial charge in [0.05, 0.1) is 23.4 Å². The van der Waals surface area contributed by atoms with E-state index in [2.05, 4.69) is 0 Å². The first kappa shape index (κ1) is 26.3. The van der Waals surface area contributed by atoms with Crippen molar-refractivity contribution in [2.24, 2.45) is 0 Å². The molecule has 1 saturated heterocycles. The van der Waals surface area contributed by atoms with Gasteiger partial charge in [0.15, 0.2) is 0 Å². The van der Waals surface area contributed by atoms with Crippen molar-refractivity contribution >= 4 is 17.6 Å². The van der Waals surface area contributed by atoms with Gasteiger partial charge in [0, 0.05) is 12.0 Å². The fourth-order valence-corrected chi connectivity index (χ4v) is 4.12. The van der Waals surface area contributed by atoms with Crippen LogP contribution < -0.4 is 9.64 Å². The van der Waals surface area contributed by atoms with E-state index < -0.39 is 46.6 Å². The van der Waals surface area contributed by atoms with Crippen molar-refractivity contribution < 1.29 is 40.7 Å². The van der Waals surface area contributed by atoms with Crippen LogP contribution in [0.25, 0.3) is 0 Å². The van der Waals surface area contributed by atoms with E-state index in [1.54, 1.807) is 24.3 Å². The second-order valence-electron chi connectivity index (χ2n) is 9.15. The molecule has 1 heterocycles. The average Bonchev–Trinajstić information content (AvgIpc) is 2.98. The van der Waals surface area contributed by atoms with E-state index >= 15 is 0 Å². The quantitative estimate of drug-likeness (QED) is 0.322. The number of alkyl halides is 6. The highest BCUT2D eigenvalue weighted by Crippen LogP contribution is 2.41. The van der Waals surface area contributed by atoms with Crippen LogP contribution in [0.3, 0.4) is 0 Å². The number of rotatable bonds is 5. The van der Waals surface area contributed by atoms with Crippen molar-refractivity contribution in [2.45, 2.75) is 50.8 Å². The van der Waals surface area contributed by atoms with Crippen LogP contribution in [0.2, 0.25) is 0 Å². The Labute approximate surface area is 208 Å². The summed E-state index contributed by atoms with van der Waals surface area (Å²) in [6.07, 6.45) is -2.45. The Balaban J connectivity index is 1.70. The maximum atomic E-state index is 13.4. The van der Waals surface area contributed by atoms with E-state index in [1.807, 2.05) is 24.3 Å². The van der Waals surface area contributed by atoms with Crippen LogP contribution in [0, 0.1) is 0 Å². The summed E-state index contributed by atoms with van der Waals surface area (Å²) < 4.78 is 86.3. The summed E-state index contributed by atoms with van der Waals surface area (Å²) in [5, 5.41) is 0. The zero-order valence-corrected chi connectivity index (χ0v) is 19.7. The summed E-state index contributed by atoms with van der Waals surface area (Å²) in [6.45, 7) is 2.59. The molecule has 0 radical (unpaired) electrons. The molecule has 4 rings (SSSR count). The Hall–Kier alpha value is -3.76. The molecule has 5 nitrogen and oxygen atoms in total. The summed E-state index contributed by atoms with van der Waals surface area (Å²) in [7, 11) is 0. The third-order valence-electron chi connectivity index (χ3n) is 6.17. The van der Waals surface area contributed by atoms with Crippen molar-refractivity contribution in [1.29, 1.82) is 0 Å². The molecule has 3 amide bonds. The van der Waals surface area contributed by atoms with Gasteiger partial charge in [-0.15, -0.1) is 0 Å². The SMILES string of the molecule is CC1(C)C(=O)N(c2cc(C(F)(F)F)cc(C(F)(F)F)c2)C(=O)N1Cc1ccccc1OC1C=CC=CC1. The molecule has 2 aromatic rings. The average molecular weight is 524 g/mol. The second-order valence-corrected chi connectivity index (χ2v) is 9.15. The van der Waals surface area contributed by atoms with Crippen LogP contribution in [0.5, 0.6) is 5.75 Å². The Morgan fingerprint density at radius 2 is 1.57 bits per heavy atom. The van der Waals surface area contributed by atoms with Crippen LogP contribution in [-0.2, 0) is 23.7 Å². The number of nitrogens with zero attached hydrogens (tertiary/aromatic N) is 2. The fraction of sp³-hybridized carbons (Fsp3) is 0.308. The Bertz CT molecular complexity index is 1250. The largest absolute Gasteiger partial charge is 0.486 e. The summed E-state index contributed by atoms with van der Waals surface area (Å²) in [4.78, 5) is 28.0. The number of anilines is 1. The smallest absolute Gasteiger partial charge is 0.416 e. The monoisotopic (exact) mass is 524 g/mol. The Morgan fingerprint density at radius 1 is 0.946 bits per heavy atom. The number of imide groups is 1. The Morgan fingerprint density at radius 3 is 2.14 bits per heavy atom. The predicted octanol–water partition coefficient (Wildman–Crippen LogP) is 6.74. The number of halogens is 6. The van der Waals surface area contributed by atoms with Gasteiger partial charge in [-0.2, -0.15) is 26.3 Å². The molecule has 0 bridgehead atoms. The molecule has 37 heavy (non-hydrogen) atoms. The first-order valence-corrected chi connectivity index (χ1v) is 11.2. The minimum absolute atomic E-state index is 0.0556. The number of amides is 3. The number of carbonyl (C=O) groups is 2. The lowest BCUT2D eigenvalue weighted by Crippen LogP contribution is -2.43. The molecule has 0 N–H and O–H groups in total.